The van der Waals surface area contributed by atoms with Crippen molar-refractivity contribution in [3.8, 4) is 5.75 Å². The van der Waals surface area contributed by atoms with Gasteiger partial charge in [-0.1, -0.05) is 50.6 Å². The van der Waals surface area contributed by atoms with Crippen molar-refractivity contribution in [3.05, 3.63) is 60.2 Å². The highest BCUT2D eigenvalue weighted by Crippen LogP contribution is 2.15. The average Bonchev–Trinajstić information content (AvgIpc) is 2.66. The van der Waals surface area contributed by atoms with Gasteiger partial charge in [0.2, 0.25) is 0 Å². The molecule has 0 fully saturated rings. The van der Waals surface area contributed by atoms with Crippen LogP contribution in [0.15, 0.2) is 54.6 Å². The number of hydrogen-bond acceptors (Lipinski definition) is 4. The fourth-order valence-corrected chi connectivity index (χ4v) is 2.52. The number of nitrogens with zero attached hydrogens (tertiary/aromatic N) is 1. The maximum absolute atomic E-state index is 11.8. The highest BCUT2D eigenvalue weighted by atomic mass is 16.7. The molecule has 0 radical (unpaired) electrons. The summed E-state index contributed by atoms with van der Waals surface area (Å²) in [4.78, 5) is 14.1. The Labute approximate surface area is 150 Å². The van der Waals surface area contributed by atoms with Crippen LogP contribution in [0, 0.1) is 0 Å². The van der Waals surface area contributed by atoms with E-state index in [9.17, 15) is 4.79 Å². The molecule has 4 nitrogen and oxygen atoms in total. The molecule has 0 spiro atoms. The van der Waals surface area contributed by atoms with Gasteiger partial charge in [-0.15, -0.1) is 0 Å². The van der Waals surface area contributed by atoms with Gasteiger partial charge in [0.05, 0.1) is 6.54 Å². The van der Waals surface area contributed by atoms with E-state index in [1.807, 2.05) is 30.3 Å². The Morgan fingerprint density at radius 3 is 2.32 bits per heavy atom. The maximum atomic E-state index is 11.8. The van der Waals surface area contributed by atoms with E-state index < -0.39 is 6.16 Å². The molecule has 4 heteroatoms. The van der Waals surface area contributed by atoms with Gasteiger partial charge >= 0.3 is 6.16 Å². The maximum Gasteiger partial charge on any atom is 0.513 e. The molecule has 0 heterocycles. The lowest BCUT2D eigenvalue weighted by molar-refractivity contribution is 0.101. The highest BCUT2D eigenvalue weighted by Gasteiger charge is 2.09. The number of hydrogen-bond donors (Lipinski definition) is 0. The van der Waals surface area contributed by atoms with Crippen LogP contribution in [-0.2, 0) is 11.2 Å². The molecule has 2 aromatic rings. The minimum absolute atomic E-state index is 0.296. The summed E-state index contributed by atoms with van der Waals surface area (Å²) < 4.78 is 10.4. The quantitative estimate of drug-likeness (QED) is 0.471. The lowest BCUT2D eigenvalue weighted by Crippen LogP contribution is -2.29. The Morgan fingerprint density at radius 2 is 1.68 bits per heavy atom. The van der Waals surface area contributed by atoms with Crippen LogP contribution in [-0.4, -0.2) is 25.9 Å². The van der Waals surface area contributed by atoms with Crippen LogP contribution in [0.5, 0.6) is 5.75 Å². The van der Waals surface area contributed by atoms with Crippen molar-refractivity contribution in [2.75, 3.05) is 24.6 Å². The van der Waals surface area contributed by atoms with Gasteiger partial charge in [-0.3, -0.25) is 0 Å². The summed E-state index contributed by atoms with van der Waals surface area (Å²) in [6.45, 7) is 6.14. The van der Waals surface area contributed by atoms with E-state index in [1.54, 1.807) is 12.1 Å². The lowest BCUT2D eigenvalue weighted by atomic mass is 10.2. The van der Waals surface area contributed by atoms with Crippen molar-refractivity contribution in [2.45, 2.75) is 33.1 Å². The molecule has 0 amide bonds. The second-order valence-electron chi connectivity index (χ2n) is 5.87. The summed E-state index contributed by atoms with van der Waals surface area (Å²) in [5.41, 5.74) is 2.35. The average molecular weight is 341 g/mol. The zero-order valence-corrected chi connectivity index (χ0v) is 15.1. The molecule has 2 aromatic carbocycles. The molecule has 0 aliphatic carbocycles. The Kier molecular flexibility index (Phi) is 7.83. The van der Waals surface area contributed by atoms with Gasteiger partial charge in [0, 0.05) is 12.2 Å². The number of anilines is 1. The molecule has 25 heavy (non-hydrogen) atoms. The van der Waals surface area contributed by atoms with Crippen molar-refractivity contribution in [1.29, 1.82) is 0 Å². The van der Waals surface area contributed by atoms with Crippen LogP contribution >= 0.6 is 0 Å². The van der Waals surface area contributed by atoms with Crippen LogP contribution in [0.25, 0.3) is 0 Å². The lowest BCUT2D eigenvalue weighted by Gasteiger charge is -2.24. The molecule has 0 N–H and O–H groups in total. The third kappa shape index (κ3) is 6.49. The summed E-state index contributed by atoms with van der Waals surface area (Å²) >= 11 is 0. The Bertz CT molecular complexity index is 625. The number of aryl methyl sites for hydroxylation is 1. The van der Waals surface area contributed by atoms with Crippen molar-refractivity contribution >= 4 is 11.8 Å². The first-order valence-corrected chi connectivity index (χ1v) is 8.96. The third-order valence-corrected chi connectivity index (χ3v) is 4.02. The number of para-hydroxylation sites is 1. The zero-order chi connectivity index (χ0) is 17.9. The monoisotopic (exact) mass is 341 g/mol. The number of unbranched alkanes of at least 4 members (excludes halogenated alkanes) is 1. The molecule has 0 saturated heterocycles. The van der Waals surface area contributed by atoms with E-state index in [2.05, 4.69) is 30.9 Å². The molecule has 0 atom stereocenters. The smallest absolute Gasteiger partial charge is 0.432 e. The first-order valence-electron chi connectivity index (χ1n) is 8.96. The molecule has 134 valence electrons. The number of carbonyl (C=O) groups is 1. The van der Waals surface area contributed by atoms with E-state index in [-0.39, 0.29) is 0 Å². The zero-order valence-electron chi connectivity index (χ0n) is 15.1. The first kappa shape index (κ1) is 18.8. The fourth-order valence-electron chi connectivity index (χ4n) is 2.52. The number of carbonyl (C=O) groups excluding carboxylic acids is 1. The van der Waals surface area contributed by atoms with Crippen molar-refractivity contribution < 1.29 is 14.3 Å². The minimum Gasteiger partial charge on any atom is -0.432 e. The Hall–Kier alpha value is -2.49. The van der Waals surface area contributed by atoms with Gasteiger partial charge in [-0.05, 0) is 42.7 Å². The number of rotatable bonds is 9. The van der Waals surface area contributed by atoms with Crippen molar-refractivity contribution in [1.82, 2.24) is 0 Å². The molecule has 0 aliphatic heterocycles. The van der Waals surface area contributed by atoms with E-state index in [0.29, 0.717) is 18.9 Å². The second kappa shape index (κ2) is 10.4. The van der Waals surface area contributed by atoms with Gasteiger partial charge in [0.25, 0.3) is 0 Å². The fraction of sp³-hybridized carbons (Fsp3) is 0.381. The van der Waals surface area contributed by atoms with Crippen molar-refractivity contribution in [3.63, 3.8) is 0 Å². The molecular weight excluding hydrogens is 314 g/mol. The molecule has 2 rings (SSSR count). The van der Waals surface area contributed by atoms with E-state index >= 15 is 0 Å². The largest absolute Gasteiger partial charge is 0.513 e. The number of ether oxygens (including phenoxy) is 2. The predicted molar refractivity (Wildman–Crippen MR) is 101 cm³/mol. The van der Waals surface area contributed by atoms with Gasteiger partial charge in [0.15, 0.2) is 0 Å². The summed E-state index contributed by atoms with van der Waals surface area (Å²) in [7, 11) is 0. The molecule has 0 bridgehead atoms. The summed E-state index contributed by atoms with van der Waals surface area (Å²) in [5.74, 6) is 0.507. The summed E-state index contributed by atoms with van der Waals surface area (Å²) in [6.07, 6.45) is 2.52. The molecule has 0 unspecified atom stereocenters. The minimum atomic E-state index is -0.659. The molecular formula is C21H27NO3. The SMILES string of the molecule is CCCCN(CCOC(=O)Oc1ccc(CC)cc1)c1ccccc1. The van der Waals surface area contributed by atoms with Crippen LogP contribution in [0.4, 0.5) is 10.5 Å². The van der Waals surface area contributed by atoms with Gasteiger partial charge in [-0.25, -0.2) is 4.79 Å². The van der Waals surface area contributed by atoms with E-state index in [4.69, 9.17) is 9.47 Å². The van der Waals surface area contributed by atoms with Crippen LogP contribution in [0.3, 0.4) is 0 Å². The summed E-state index contributed by atoms with van der Waals surface area (Å²) in [6, 6.07) is 17.7. The molecule has 0 saturated carbocycles. The van der Waals surface area contributed by atoms with Crippen LogP contribution in [0.2, 0.25) is 0 Å². The summed E-state index contributed by atoms with van der Waals surface area (Å²) in [5, 5.41) is 0. The Morgan fingerprint density at radius 1 is 0.960 bits per heavy atom. The highest BCUT2D eigenvalue weighted by molar-refractivity contribution is 5.63. The topological polar surface area (TPSA) is 38.8 Å². The Balaban J connectivity index is 1.80. The standard InChI is InChI=1S/C21H27NO3/c1-3-5-15-22(19-9-7-6-8-10-19)16-17-24-21(23)25-20-13-11-18(4-2)12-14-20/h6-14H,3-5,15-17H2,1-2H3. The van der Waals surface area contributed by atoms with E-state index in [0.717, 1.165) is 31.5 Å². The van der Waals surface area contributed by atoms with Crippen LogP contribution < -0.4 is 9.64 Å². The van der Waals surface area contributed by atoms with Crippen LogP contribution in [0.1, 0.15) is 32.3 Å². The van der Waals surface area contributed by atoms with Crippen molar-refractivity contribution in [2.24, 2.45) is 0 Å². The molecule has 0 aromatic heterocycles. The third-order valence-electron chi connectivity index (χ3n) is 4.02. The second-order valence-corrected chi connectivity index (χ2v) is 5.87. The number of benzene rings is 2. The van der Waals surface area contributed by atoms with E-state index in [1.165, 1.54) is 5.56 Å². The molecule has 0 aliphatic rings. The predicted octanol–water partition coefficient (Wildman–Crippen LogP) is 5.07. The normalized spacial score (nSPS) is 10.3. The van der Waals surface area contributed by atoms with Gasteiger partial charge in [-0.2, -0.15) is 0 Å². The first-order chi connectivity index (χ1) is 12.2. The van der Waals surface area contributed by atoms with Gasteiger partial charge < -0.3 is 14.4 Å². The van der Waals surface area contributed by atoms with Gasteiger partial charge in [0.1, 0.15) is 12.4 Å².